The SMILES string of the molecule is C=Cc1ccc(COc2c(C)cc(OP(=O)(Oc3ccccc3)Oc3cc(C)c(OCc4ccc(CC)cc4)c(C)c3C)c(C)c2C)cc1. The number of benzene rings is 5. The van der Waals surface area contributed by atoms with E-state index in [1.807, 2.05) is 90.1 Å². The minimum absolute atomic E-state index is 0.361. The molecule has 0 amide bonds. The largest absolute Gasteiger partial charge is 0.647 e. The van der Waals surface area contributed by atoms with Crippen molar-refractivity contribution in [3.8, 4) is 28.7 Å². The molecule has 49 heavy (non-hydrogen) atoms. The molecular formula is C42H45O6P. The monoisotopic (exact) mass is 676 g/mol. The van der Waals surface area contributed by atoms with Crippen molar-refractivity contribution in [3.05, 3.63) is 153 Å². The number of rotatable bonds is 14. The minimum Gasteiger partial charge on any atom is -0.488 e. The van der Waals surface area contributed by atoms with Gasteiger partial charge in [-0.1, -0.05) is 86.3 Å². The summed E-state index contributed by atoms with van der Waals surface area (Å²) in [6, 6.07) is 29.0. The molecule has 0 heterocycles. The van der Waals surface area contributed by atoms with Crippen molar-refractivity contribution in [2.75, 3.05) is 0 Å². The van der Waals surface area contributed by atoms with Gasteiger partial charge in [0, 0.05) is 0 Å². The summed E-state index contributed by atoms with van der Waals surface area (Å²) in [4.78, 5) is 0. The molecule has 0 aliphatic heterocycles. The van der Waals surface area contributed by atoms with E-state index in [1.165, 1.54) is 5.56 Å². The van der Waals surface area contributed by atoms with Crippen molar-refractivity contribution in [1.29, 1.82) is 0 Å². The first kappa shape index (κ1) is 35.4. The molecule has 0 aliphatic carbocycles. The lowest BCUT2D eigenvalue weighted by Crippen LogP contribution is -2.11. The molecular weight excluding hydrogens is 631 g/mol. The topological polar surface area (TPSA) is 63.2 Å². The first-order chi connectivity index (χ1) is 23.5. The van der Waals surface area contributed by atoms with E-state index in [1.54, 1.807) is 24.3 Å². The number of ether oxygens (including phenoxy) is 2. The molecule has 254 valence electrons. The van der Waals surface area contributed by atoms with Gasteiger partial charge in [0.25, 0.3) is 0 Å². The van der Waals surface area contributed by atoms with Crippen LogP contribution < -0.4 is 23.0 Å². The van der Waals surface area contributed by atoms with Gasteiger partial charge >= 0.3 is 7.82 Å². The Labute approximate surface area is 290 Å². The number of hydrogen-bond donors (Lipinski definition) is 0. The summed E-state index contributed by atoms with van der Waals surface area (Å²) in [7, 11) is -4.28. The molecule has 0 aromatic heterocycles. The van der Waals surface area contributed by atoms with Crippen LogP contribution in [-0.2, 0) is 24.2 Å². The van der Waals surface area contributed by atoms with Gasteiger partial charge in [0.15, 0.2) is 0 Å². The predicted molar refractivity (Wildman–Crippen MR) is 198 cm³/mol. The Hall–Kier alpha value is -4.93. The second-order valence-electron chi connectivity index (χ2n) is 12.3. The Kier molecular flexibility index (Phi) is 11.2. The van der Waals surface area contributed by atoms with Gasteiger partial charge in [0.05, 0.1) is 0 Å². The third kappa shape index (κ3) is 8.57. The summed E-state index contributed by atoms with van der Waals surface area (Å²) in [5, 5.41) is 0. The molecule has 1 unspecified atom stereocenters. The summed E-state index contributed by atoms with van der Waals surface area (Å²) >= 11 is 0. The van der Waals surface area contributed by atoms with Crippen LogP contribution in [0.25, 0.3) is 6.08 Å². The van der Waals surface area contributed by atoms with Crippen molar-refractivity contribution in [2.24, 2.45) is 0 Å². The minimum atomic E-state index is -4.28. The molecule has 0 N–H and O–H groups in total. The third-order valence-corrected chi connectivity index (χ3v) is 10.0. The zero-order chi connectivity index (χ0) is 35.1. The molecule has 1 atom stereocenters. The molecule has 5 rings (SSSR count). The quantitative estimate of drug-likeness (QED) is 0.109. The van der Waals surface area contributed by atoms with Crippen LogP contribution in [0.4, 0.5) is 0 Å². The Morgan fingerprint density at radius 3 is 1.49 bits per heavy atom. The molecule has 7 heteroatoms. The first-order valence-electron chi connectivity index (χ1n) is 16.5. The summed E-state index contributed by atoms with van der Waals surface area (Å²) in [5.41, 5.74) is 9.44. The molecule has 0 aliphatic rings. The fourth-order valence-corrected chi connectivity index (χ4v) is 6.87. The lowest BCUT2D eigenvalue weighted by atomic mass is 10.0. The highest BCUT2D eigenvalue weighted by Gasteiger charge is 2.35. The Morgan fingerprint density at radius 2 is 1.04 bits per heavy atom. The average Bonchev–Trinajstić information content (AvgIpc) is 3.10. The van der Waals surface area contributed by atoms with Gasteiger partial charge in [-0.2, -0.15) is 4.57 Å². The molecule has 0 fully saturated rings. The van der Waals surface area contributed by atoms with Gasteiger partial charge in [0.1, 0.15) is 42.0 Å². The van der Waals surface area contributed by atoms with Crippen LogP contribution in [0, 0.1) is 41.5 Å². The highest BCUT2D eigenvalue weighted by Crippen LogP contribution is 2.53. The van der Waals surface area contributed by atoms with Crippen molar-refractivity contribution < 1.29 is 27.6 Å². The molecule has 0 spiro atoms. The summed E-state index contributed by atoms with van der Waals surface area (Å²) in [6.07, 6.45) is 2.80. The fourth-order valence-electron chi connectivity index (χ4n) is 5.52. The second kappa shape index (κ2) is 15.5. The fraction of sp³-hybridized carbons (Fsp3) is 0.238. The zero-order valence-corrected chi connectivity index (χ0v) is 30.4. The van der Waals surface area contributed by atoms with Crippen molar-refractivity contribution >= 4 is 13.9 Å². The number of aryl methyl sites for hydroxylation is 3. The van der Waals surface area contributed by atoms with E-state index in [0.29, 0.717) is 30.5 Å². The maximum absolute atomic E-state index is 14.6. The number of phosphoric ester groups is 1. The van der Waals surface area contributed by atoms with Crippen molar-refractivity contribution in [1.82, 2.24) is 0 Å². The van der Waals surface area contributed by atoms with Gasteiger partial charge in [-0.3, -0.25) is 0 Å². The van der Waals surface area contributed by atoms with E-state index in [9.17, 15) is 4.57 Å². The van der Waals surface area contributed by atoms with Crippen LogP contribution in [0.2, 0.25) is 0 Å². The lowest BCUT2D eigenvalue weighted by molar-refractivity contribution is 0.290. The molecule has 0 bridgehead atoms. The van der Waals surface area contributed by atoms with Crippen molar-refractivity contribution in [3.63, 3.8) is 0 Å². The van der Waals surface area contributed by atoms with E-state index in [-0.39, 0.29) is 0 Å². The molecule has 0 saturated carbocycles. The molecule has 0 radical (unpaired) electrons. The van der Waals surface area contributed by atoms with Gasteiger partial charge in [0.2, 0.25) is 0 Å². The maximum Gasteiger partial charge on any atom is 0.647 e. The number of phosphoric acid groups is 1. The Morgan fingerprint density at radius 1 is 0.592 bits per heavy atom. The van der Waals surface area contributed by atoms with E-state index >= 15 is 0 Å². The van der Waals surface area contributed by atoms with Crippen LogP contribution in [0.3, 0.4) is 0 Å². The molecule has 5 aromatic carbocycles. The molecule has 6 nitrogen and oxygen atoms in total. The Balaban J connectivity index is 1.41. The molecule has 0 saturated heterocycles. The highest BCUT2D eigenvalue weighted by atomic mass is 31.2. The van der Waals surface area contributed by atoms with Crippen LogP contribution in [0.5, 0.6) is 28.7 Å². The standard InChI is InChI=1S/C42H45O6P/c1-9-34-16-20-36(21-17-34)26-44-41-28(3)24-39(30(5)32(41)7)47-49(43,46-38-14-12-11-13-15-38)48-40-25-29(4)42(33(8)31(40)6)45-27-37-22-18-35(10-2)19-23-37/h9,11-25H,1,10,26-27H2,2-8H3. The maximum atomic E-state index is 14.6. The van der Waals surface area contributed by atoms with Crippen molar-refractivity contribution in [2.45, 2.75) is 68.1 Å². The van der Waals surface area contributed by atoms with E-state index in [2.05, 4.69) is 37.8 Å². The first-order valence-corrected chi connectivity index (χ1v) is 18.0. The summed E-state index contributed by atoms with van der Waals surface area (Å²) < 4.78 is 45.7. The zero-order valence-electron chi connectivity index (χ0n) is 29.5. The molecule has 5 aromatic rings. The van der Waals surface area contributed by atoms with E-state index in [0.717, 1.165) is 68.0 Å². The normalized spacial score (nSPS) is 12.1. The summed E-state index contributed by atoms with van der Waals surface area (Å²) in [5.74, 6) is 2.65. The average molecular weight is 677 g/mol. The van der Waals surface area contributed by atoms with Gasteiger partial charge in [-0.15, -0.1) is 0 Å². The van der Waals surface area contributed by atoms with Gasteiger partial charge in [-0.25, -0.2) is 0 Å². The summed E-state index contributed by atoms with van der Waals surface area (Å²) in [6.45, 7) is 18.4. The van der Waals surface area contributed by atoms with Gasteiger partial charge < -0.3 is 23.0 Å². The smallest absolute Gasteiger partial charge is 0.488 e. The third-order valence-electron chi connectivity index (χ3n) is 8.75. The number of para-hydroxylation sites is 1. The van der Waals surface area contributed by atoms with E-state index in [4.69, 9.17) is 23.0 Å². The highest BCUT2D eigenvalue weighted by molar-refractivity contribution is 7.49. The van der Waals surface area contributed by atoms with Crippen LogP contribution in [0.1, 0.15) is 62.6 Å². The Bertz CT molecular complexity index is 1960. The second-order valence-corrected chi connectivity index (χ2v) is 13.7. The predicted octanol–water partition coefficient (Wildman–Crippen LogP) is 11.5. The van der Waals surface area contributed by atoms with Crippen LogP contribution in [-0.4, -0.2) is 0 Å². The number of hydrogen-bond acceptors (Lipinski definition) is 6. The van der Waals surface area contributed by atoms with Crippen LogP contribution >= 0.6 is 7.82 Å². The van der Waals surface area contributed by atoms with Crippen LogP contribution in [0.15, 0.2) is 97.6 Å². The lowest BCUT2D eigenvalue weighted by Gasteiger charge is -2.24. The van der Waals surface area contributed by atoms with E-state index < -0.39 is 7.82 Å². The van der Waals surface area contributed by atoms with Gasteiger partial charge in [-0.05, 0) is 128 Å².